The van der Waals surface area contributed by atoms with Gasteiger partial charge in [0.2, 0.25) is 0 Å². The maximum atomic E-state index is 12.9. The summed E-state index contributed by atoms with van der Waals surface area (Å²) in [6.45, 7) is -1.77. The molecule has 0 spiro atoms. The van der Waals surface area contributed by atoms with Gasteiger partial charge < -0.3 is 4.74 Å². The van der Waals surface area contributed by atoms with E-state index in [1.807, 2.05) is 34.6 Å². The van der Waals surface area contributed by atoms with Crippen LogP contribution in [0.25, 0.3) is 11.3 Å². The molecule has 0 radical (unpaired) electrons. The number of fused-ring (bicyclic) bond motifs is 1. The van der Waals surface area contributed by atoms with E-state index in [0.717, 1.165) is 11.5 Å². The molecule has 2 aliphatic heterocycles. The first-order valence-electron chi connectivity index (χ1n) is 8.42. The van der Waals surface area contributed by atoms with E-state index in [4.69, 9.17) is 16.3 Å². The van der Waals surface area contributed by atoms with E-state index in [1.54, 1.807) is 17.0 Å². The average Bonchev–Trinajstić information content (AvgIpc) is 3.27. The summed E-state index contributed by atoms with van der Waals surface area (Å²) in [7, 11) is 0. The molecule has 0 saturated carbocycles. The number of anilines is 1. The maximum Gasteiger partial charge on any atom is 0.387 e. The Morgan fingerprint density at radius 2 is 2.18 bits per heavy atom. The SMILES string of the molecule is FC(F)Oc1ccc(Cl)cc1-c1nn(CCBr)cc1N1CC=C2N=CC=CN21. The Morgan fingerprint density at radius 1 is 1.32 bits per heavy atom. The van der Waals surface area contributed by atoms with Crippen molar-refractivity contribution in [3.8, 4) is 17.0 Å². The highest BCUT2D eigenvalue weighted by Crippen LogP contribution is 2.40. The molecular formula is C18H15BrClF2N5O. The molecule has 4 rings (SSSR count). The lowest BCUT2D eigenvalue weighted by Crippen LogP contribution is -2.34. The van der Waals surface area contributed by atoms with Crippen molar-refractivity contribution < 1.29 is 13.5 Å². The van der Waals surface area contributed by atoms with Crippen molar-refractivity contribution in [1.82, 2.24) is 14.8 Å². The zero-order valence-corrected chi connectivity index (χ0v) is 16.8. The molecule has 0 saturated heterocycles. The maximum absolute atomic E-state index is 12.9. The lowest BCUT2D eigenvalue weighted by molar-refractivity contribution is -0.0494. The molecule has 2 aromatic rings. The number of aryl methyl sites for hydroxylation is 1. The lowest BCUT2D eigenvalue weighted by atomic mass is 10.1. The number of aromatic nitrogens is 2. The van der Waals surface area contributed by atoms with Crippen molar-refractivity contribution in [2.24, 2.45) is 4.99 Å². The van der Waals surface area contributed by atoms with E-state index in [0.29, 0.717) is 34.7 Å². The second-order valence-electron chi connectivity index (χ2n) is 5.94. The summed E-state index contributed by atoms with van der Waals surface area (Å²) in [5.74, 6) is 0.807. The quantitative estimate of drug-likeness (QED) is 0.575. The molecule has 3 heterocycles. The van der Waals surface area contributed by atoms with Gasteiger partial charge in [-0.3, -0.25) is 9.69 Å². The molecule has 0 aliphatic carbocycles. The molecule has 1 aromatic carbocycles. The van der Waals surface area contributed by atoms with Gasteiger partial charge in [-0.15, -0.1) is 0 Å². The van der Waals surface area contributed by atoms with Crippen LogP contribution in [0.2, 0.25) is 5.02 Å². The van der Waals surface area contributed by atoms with E-state index in [2.05, 4.69) is 26.0 Å². The third-order valence-corrected chi connectivity index (χ3v) is 4.80. The van der Waals surface area contributed by atoms with Gasteiger partial charge in [0.25, 0.3) is 0 Å². The molecule has 0 amide bonds. The molecular weight excluding hydrogens is 456 g/mol. The number of ether oxygens (including phenoxy) is 1. The average molecular weight is 471 g/mol. The molecule has 0 atom stereocenters. The van der Waals surface area contributed by atoms with Crippen molar-refractivity contribution in [2.45, 2.75) is 13.2 Å². The number of alkyl halides is 3. The third-order valence-electron chi connectivity index (χ3n) is 4.21. The first-order valence-corrected chi connectivity index (χ1v) is 9.92. The van der Waals surface area contributed by atoms with E-state index in [9.17, 15) is 8.78 Å². The van der Waals surface area contributed by atoms with Crippen molar-refractivity contribution in [2.75, 3.05) is 16.9 Å². The Balaban J connectivity index is 1.81. The van der Waals surface area contributed by atoms with Gasteiger partial charge in [-0.05, 0) is 30.4 Å². The first-order chi connectivity index (χ1) is 13.6. The Morgan fingerprint density at radius 3 is 2.96 bits per heavy atom. The number of hydrogen-bond donors (Lipinski definition) is 0. The van der Waals surface area contributed by atoms with E-state index >= 15 is 0 Å². The van der Waals surface area contributed by atoms with Gasteiger partial charge in [0.1, 0.15) is 23.0 Å². The molecule has 0 unspecified atom stereocenters. The lowest BCUT2D eigenvalue weighted by Gasteiger charge is -2.30. The number of aliphatic imine (C=N–C) groups is 1. The van der Waals surface area contributed by atoms with Crippen LogP contribution in [0.15, 0.2) is 53.6 Å². The molecule has 10 heteroatoms. The second kappa shape index (κ2) is 7.92. The van der Waals surface area contributed by atoms with Crippen LogP contribution in [0.1, 0.15) is 0 Å². The molecule has 2 aliphatic rings. The highest BCUT2D eigenvalue weighted by Gasteiger charge is 2.29. The molecule has 0 fully saturated rings. The summed E-state index contributed by atoms with van der Waals surface area (Å²) >= 11 is 9.55. The van der Waals surface area contributed by atoms with Gasteiger partial charge in [0, 0.05) is 28.3 Å². The Kier molecular flexibility index (Phi) is 5.36. The fourth-order valence-electron chi connectivity index (χ4n) is 3.07. The largest absolute Gasteiger partial charge is 0.434 e. The van der Waals surface area contributed by atoms with Crippen LogP contribution in [0.5, 0.6) is 5.75 Å². The summed E-state index contributed by atoms with van der Waals surface area (Å²) in [6, 6.07) is 4.52. The molecule has 6 nitrogen and oxygen atoms in total. The Hall–Kier alpha value is -2.39. The standard InChI is InChI=1S/C18H15BrClF2N5O/c19-5-9-25-11-14(26-8-4-16-23-6-1-7-27(16)26)17(24-25)13-10-12(20)2-3-15(13)28-18(21)22/h1-4,6-7,10-11,18H,5,8-9H2. The number of allylic oxidation sites excluding steroid dienone is 1. The normalized spacial score (nSPS) is 15.4. The van der Waals surface area contributed by atoms with Crippen LogP contribution >= 0.6 is 27.5 Å². The number of benzene rings is 1. The van der Waals surface area contributed by atoms with Gasteiger partial charge in [0.05, 0.1) is 19.3 Å². The topological polar surface area (TPSA) is 45.9 Å². The van der Waals surface area contributed by atoms with Gasteiger partial charge in [-0.1, -0.05) is 27.5 Å². The summed E-state index contributed by atoms with van der Waals surface area (Å²) in [4.78, 5) is 4.34. The zero-order valence-electron chi connectivity index (χ0n) is 14.5. The number of rotatable bonds is 6. The Labute approximate surface area is 173 Å². The monoisotopic (exact) mass is 469 g/mol. The Bertz CT molecular complexity index is 975. The molecule has 0 bridgehead atoms. The van der Waals surface area contributed by atoms with E-state index < -0.39 is 6.61 Å². The number of nitrogens with zero attached hydrogens (tertiary/aromatic N) is 5. The predicted octanol–water partition coefficient (Wildman–Crippen LogP) is 4.68. The zero-order chi connectivity index (χ0) is 19.7. The summed E-state index contributed by atoms with van der Waals surface area (Å²) < 4.78 is 32.3. The van der Waals surface area contributed by atoms with Gasteiger partial charge in [-0.2, -0.15) is 13.9 Å². The minimum Gasteiger partial charge on any atom is -0.434 e. The van der Waals surface area contributed by atoms with Crippen molar-refractivity contribution in [3.05, 3.63) is 53.6 Å². The number of hydrogen-bond acceptors (Lipinski definition) is 5. The summed E-state index contributed by atoms with van der Waals surface area (Å²) in [5, 5.41) is 9.56. The van der Waals surface area contributed by atoms with E-state index in [-0.39, 0.29) is 5.75 Å². The van der Waals surface area contributed by atoms with E-state index in [1.165, 1.54) is 12.1 Å². The van der Waals surface area contributed by atoms with Gasteiger partial charge >= 0.3 is 6.61 Å². The second-order valence-corrected chi connectivity index (χ2v) is 7.17. The van der Waals surface area contributed by atoms with Crippen LogP contribution in [0, 0.1) is 0 Å². The summed E-state index contributed by atoms with van der Waals surface area (Å²) in [5.41, 5.74) is 1.63. The van der Waals surface area contributed by atoms with Crippen LogP contribution in [0.4, 0.5) is 14.5 Å². The van der Waals surface area contributed by atoms with Crippen LogP contribution in [-0.4, -0.2) is 39.5 Å². The first kappa shape index (κ1) is 18.9. The van der Waals surface area contributed by atoms with Crippen LogP contribution in [-0.2, 0) is 6.54 Å². The fourth-order valence-corrected chi connectivity index (χ4v) is 3.61. The predicted molar refractivity (Wildman–Crippen MR) is 108 cm³/mol. The van der Waals surface area contributed by atoms with Gasteiger partial charge in [0.15, 0.2) is 0 Å². The minimum absolute atomic E-state index is 0.0179. The third kappa shape index (κ3) is 3.64. The molecule has 146 valence electrons. The molecule has 0 N–H and O–H groups in total. The van der Waals surface area contributed by atoms with Crippen LogP contribution < -0.4 is 9.75 Å². The summed E-state index contributed by atoms with van der Waals surface area (Å²) in [6.07, 6.45) is 9.26. The number of hydrazine groups is 1. The van der Waals surface area contributed by atoms with Gasteiger partial charge in [-0.25, -0.2) is 10.0 Å². The minimum atomic E-state index is -2.95. The highest BCUT2D eigenvalue weighted by atomic mass is 79.9. The molecule has 1 aromatic heterocycles. The smallest absolute Gasteiger partial charge is 0.387 e. The molecule has 28 heavy (non-hydrogen) atoms. The van der Waals surface area contributed by atoms with Crippen molar-refractivity contribution >= 4 is 39.4 Å². The van der Waals surface area contributed by atoms with Crippen molar-refractivity contribution in [1.29, 1.82) is 0 Å². The van der Waals surface area contributed by atoms with Crippen molar-refractivity contribution in [3.63, 3.8) is 0 Å². The fraction of sp³-hybridized carbons (Fsp3) is 0.222. The number of halogens is 4. The van der Waals surface area contributed by atoms with Crippen LogP contribution in [0.3, 0.4) is 0 Å². The highest BCUT2D eigenvalue weighted by molar-refractivity contribution is 9.09.